The Morgan fingerprint density at radius 1 is 1.31 bits per heavy atom. The van der Waals surface area contributed by atoms with Crippen molar-refractivity contribution in [2.24, 2.45) is 5.92 Å². The summed E-state index contributed by atoms with van der Waals surface area (Å²) in [4.78, 5) is 18.5. The lowest BCUT2D eigenvalue weighted by molar-refractivity contribution is 0.0696. The van der Waals surface area contributed by atoms with Crippen LogP contribution in [-0.4, -0.2) is 41.4 Å². The van der Waals surface area contributed by atoms with Gasteiger partial charge in [-0.2, -0.15) is 0 Å². The normalized spacial score (nSPS) is 15.8. The van der Waals surface area contributed by atoms with Crippen LogP contribution in [0, 0.1) is 5.92 Å². The number of carboxylic acid groups (broad SMARTS) is 1. The third-order valence-electron chi connectivity index (χ3n) is 6.51. The largest absolute Gasteiger partial charge is 0.494 e. The molecule has 0 aliphatic carbocycles. The summed E-state index contributed by atoms with van der Waals surface area (Å²) in [6.07, 6.45) is 1.76. The number of hydrogen-bond acceptors (Lipinski definition) is 7. The Hall–Kier alpha value is -2.81. The summed E-state index contributed by atoms with van der Waals surface area (Å²) in [5.74, 6) is 0.849. The maximum Gasteiger partial charge on any atom is 0.335 e. The Morgan fingerprint density at radius 3 is 2.72 bits per heavy atom. The maximum atomic E-state index is 11.5. The van der Waals surface area contributed by atoms with E-state index in [0.29, 0.717) is 38.5 Å². The number of carboxylic acids is 1. The predicted molar refractivity (Wildman–Crippen MR) is 143 cm³/mol. The van der Waals surface area contributed by atoms with Crippen molar-refractivity contribution in [3.05, 3.63) is 57.3 Å². The second kappa shape index (κ2) is 9.92. The molecule has 0 bridgehead atoms. The highest BCUT2D eigenvalue weighted by molar-refractivity contribution is 7.22. The highest BCUT2D eigenvalue weighted by Gasteiger charge is 2.30. The monoisotopic (exact) mass is 545 g/mol. The number of ether oxygens (including phenoxy) is 1. The van der Waals surface area contributed by atoms with Crippen LogP contribution in [0.4, 0.5) is 5.13 Å². The highest BCUT2D eigenvalue weighted by atomic mass is 35.5. The maximum absolute atomic E-state index is 11.5. The topological polar surface area (TPSA) is 88.7 Å². The summed E-state index contributed by atoms with van der Waals surface area (Å²) in [5, 5.41) is 15.8. The Morgan fingerprint density at radius 2 is 2.06 bits per heavy atom. The molecule has 1 aliphatic rings. The van der Waals surface area contributed by atoms with Crippen molar-refractivity contribution in [1.29, 1.82) is 0 Å². The third-order valence-corrected chi connectivity index (χ3v) is 8.20. The quantitative estimate of drug-likeness (QED) is 0.263. The number of anilines is 1. The fraction of sp³-hybridized carbons (Fsp3) is 0.346. The molecule has 2 aromatic heterocycles. The number of nitrogens with zero attached hydrogens (tertiary/aromatic N) is 3. The number of hydrogen-bond donors (Lipinski definition) is 1. The van der Waals surface area contributed by atoms with Crippen molar-refractivity contribution in [2.75, 3.05) is 25.1 Å². The number of aromatic nitrogens is 2. The lowest BCUT2D eigenvalue weighted by atomic mass is 9.92. The van der Waals surface area contributed by atoms with Gasteiger partial charge < -0.3 is 19.3 Å². The highest BCUT2D eigenvalue weighted by Crippen LogP contribution is 2.41. The Labute approximate surface area is 222 Å². The molecule has 0 radical (unpaired) electrons. The molecule has 0 spiro atoms. The smallest absolute Gasteiger partial charge is 0.335 e. The Balaban J connectivity index is 1.43. The lowest BCUT2D eigenvalue weighted by Crippen LogP contribution is -2.20. The fourth-order valence-electron chi connectivity index (χ4n) is 4.76. The molecular formula is C26H25Cl2N3O4S. The van der Waals surface area contributed by atoms with Crippen LogP contribution < -0.4 is 9.64 Å². The molecule has 1 N–H and O–H groups in total. The molecular weight excluding hydrogens is 521 g/mol. The summed E-state index contributed by atoms with van der Waals surface area (Å²) < 4.78 is 12.0. The van der Waals surface area contributed by atoms with E-state index in [1.165, 1.54) is 24.5 Å². The van der Waals surface area contributed by atoms with Crippen molar-refractivity contribution in [2.45, 2.75) is 32.6 Å². The van der Waals surface area contributed by atoms with Gasteiger partial charge in [0, 0.05) is 30.1 Å². The molecule has 3 heterocycles. The Bertz CT molecular complexity index is 1430. The first kappa shape index (κ1) is 24.9. The molecule has 1 aliphatic heterocycles. The zero-order valence-electron chi connectivity index (χ0n) is 20.0. The Kier molecular flexibility index (Phi) is 6.85. The van der Waals surface area contributed by atoms with Gasteiger partial charge in [0.25, 0.3) is 0 Å². The van der Waals surface area contributed by atoms with Crippen LogP contribution in [0.2, 0.25) is 10.0 Å². The molecule has 1 atom stereocenters. The standard InChI is InChI=1S/C26H25Cl2N3O4S/c1-13(2)24-16(22(30-35-24)21-17(27)5-4-6-18(21)28)9-14-7-8-31(12-14)26-29-23-19(34-3)10-15(25(32)33)11-20(23)36-26/h4-6,10-11,13-14H,7-9,12H2,1-3H3,(H,32,33). The van der Waals surface area contributed by atoms with Crippen LogP contribution in [0.15, 0.2) is 34.9 Å². The second-order valence-electron chi connectivity index (χ2n) is 9.26. The van der Waals surface area contributed by atoms with E-state index in [2.05, 4.69) is 23.9 Å². The van der Waals surface area contributed by atoms with E-state index in [1.807, 2.05) is 18.2 Å². The zero-order valence-corrected chi connectivity index (χ0v) is 22.4. The van der Waals surface area contributed by atoms with Gasteiger partial charge in [-0.25, -0.2) is 9.78 Å². The minimum Gasteiger partial charge on any atom is -0.494 e. The molecule has 10 heteroatoms. The van der Waals surface area contributed by atoms with Gasteiger partial charge in [0.05, 0.1) is 27.4 Å². The van der Waals surface area contributed by atoms with Crippen molar-refractivity contribution in [3.63, 3.8) is 0 Å². The van der Waals surface area contributed by atoms with E-state index in [1.54, 1.807) is 6.07 Å². The molecule has 0 amide bonds. The van der Waals surface area contributed by atoms with Crippen LogP contribution in [0.25, 0.3) is 21.5 Å². The third kappa shape index (κ3) is 4.53. The van der Waals surface area contributed by atoms with Crippen molar-refractivity contribution in [1.82, 2.24) is 10.1 Å². The fourth-order valence-corrected chi connectivity index (χ4v) is 6.39. The van der Waals surface area contributed by atoms with Gasteiger partial charge >= 0.3 is 5.97 Å². The van der Waals surface area contributed by atoms with Gasteiger partial charge in [0.15, 0.2) is 5.13 Å². The van der Waals surface area contributed by atoms with Crippen LogP contribution in [-0.2, 0) is 6.42 Å². The number of fused-ring (bicyclic) bond motifs is 1. The molecule has 2 aromatic carbocycles. The van der Waals surface area contributed by atoms with Crippen LogP contribution in [0.5, 0.6) is 5.75 Å². The van der Waals surface area contributed by atoms with E-state index in [0.717, 1.165) is 47.1 Å². The minimum atomic E-state index is -0.990. The predicted octanol–water partition coefficient (Wildman–Crippen LogP) is 7.16. The van der Waals surface area contributed by atoms with E-state index in [4.69, 9.17) is 37.4 Å². The second-order valence-corrected chi connectivity index (χ2v) is 11.1. The molecule has 4 aromatic rings. The molecule has 1 fully saturated rings. The number of methoxy groups -OCH3 is 1. The van der Waals surface area contributed by atoms with Crippen molar-refractivity contribution >= 4 is 55.9 Å². The average molecular weight is 546 g/mol. The summed E-state index contributed by atoms with van der Waals surface area (Å²) in [6.45, 7) is 5.83. The number of rotatable bonds is 7. The van der Waals surface area contributed by atoms with Gasteiger partial charge in [-0.15, -0.1) is 0 Å². The van der Waals surface area contributed by atoms with E-state index >= 15 is 0 Å². The number of thiazole rings is 1. The van der Waals surface area contributed by atoms with Crippen LogP contribution in [0.1, 0.15) is 47.9 Å². The number of aromatic carboxylic acids is 1. The van der Waals surface area contributed by atoms with Crippen LogP contribution >= 0.6 is 34.5 Å². The molecule has 1 unspecified atom stereocenters. The summed E-state index contributed by atoms with van der Waals surface area (Å²) >= 11 is 14.5. The number of carbonyl (C=O) groups is 1. The number of benzene rings is 2. The molecule has 5 rings (SSSR count). The minimum absolute atomic E-state index is 0.167. The van der Waals surface area contributed by atoms with Crippen molar-refractivity contribution < 1.29 is 19.2 Å². The number of halogens is 2. The van der Waals surface area contributed by atoms with Gasteiger partial charge in [-0.3, -0.25) is 0 Å². The van der Waals surface area contributed by atoms with Gasteiger partial charge in [0.1, 0.15) is 22.7 Å². The average Bonchev–Trinajstić information content (AvgIpc) is 3.57. The zero-order chi connectivity index (χ0) is 25.6. The van der Waals surface area contributed by atoms with Crippen LogP contribution in [0.3, 0.4) is 0 Å². The SMILES string of the molecule is COc1cc(C(=O)O)cc2sc(N3CCC(Cc4c(-c5c(Cl)cccc5Cl)noc4C(C)C)C3)nc12. The molecule has 0 saturated carbocycles. The van der Waals surface area contributed by atoms with Gasteiger partial charge in [0.2, 0.25) is 0 Å². The van der Waals surface area contributed by atoms with E-state index < -0.39 is 5.97 Å². The molecule has 36 heavy (non-hydrogen) atoms. The molecule has 7 nitrogen and oxygen atoms in total. The summed E-state index contributed by atoms with van der Waals surface area (Å²) in [5.41, 5.74) is 3.33. The van der Waals surface area contributed by atoms with Crippen molar-refractivity contribution in [3.8, 4) is 17.0 Å². The van der Waals surface area contributed by atoms with Gasteiger partial charge in [-0.05, 0) is 43.0 Å². The van der Waals surface area contributed by atoms with E-state index in [-0.39, 0.29) is 11.5 Å². The summed E-state index contributed by atoms with van der Waals surface area (Å²) in [6, 6.07) is 8.61. The first-order valence-electron chi connectivity index (χ1n) is 11.7. The first-order chi connectivity index (χ1) is 17.3. The first-order valence-corrected chi connectivity index (χ1v) is 13.2. The lowest BCUT2D eigenvalue weighted by Gasteiger charge is -2.16. The van der Waals surface area contributed by atoms with E-state index in [9.17, 15) is 9.90 Å². The summed E-state index contributed by atoms with van der Waals surface area (Å²) in [7, 11) is 1.53. The molecule has 1 saturated heterocycles. The molecule has 188 valence electrons. The van der Waals surface area contributed by atoms with Gasteiger partial charge in [-0.1, -0.05) is 59.6 Å².